The number of sulfonamides is 1. The molecule has 2 N–H and O–H groups in total. The van der Waals surface area contributed by atoms with Gasteiger partial charge in [-0.1, -0.05) is 6.92 Å². The van der Waals surface area contributed by atoms with Gasteiger partial charge in [0.05, 0.1) is 6.26 Å². The summed E-state index contributed by atoms with van der Waals surface area (Å²) in [5.41, 5.74) is 5.58. The lowest BCUT2D eigenvalue weighted by Gasteiger charge is -2.31. The fraction of sp³-hybridized carbons (Fsp3) is 1.00. The predicted octanol–water partition coefficient (Wildman–Crippen LogP) is 1.03. The minimum Gasteiger partial charge on any atom is -0.330 e. The number of rotatable bonds is 5. The van der Waals surface area contributed by atoms with Gasteiger partial charge < -0.3 is 5.73 Å². The highest BCUT2D eigenvalue weighted by Crippen LogP contribution is 2.24. The van der Waals surface area contributed by atoms with Crippen molar-refractivity contribution in [1.82, 2.24) is 4.31 Å². The summed E-state index contributed by atoms with van der Waals surface area (Å²) in [5, 5.41) is 0. The van der Waals surface area contributed by atoms with Crippen molar-refractivity contribution < 1.29 is 8.42 Å². The average Bonchev–Trinajstić information content (AvgIpc) is 2.25. The zero-order valence-corrected chi connectivity index (χ0v) is 11.2. The number of hydrogen-bond donors (Lipinski definition) is 1. The highest BCUT2D eigenvalue weighted by molar-refractivity contribution is 7.88. The number of nitrogens with two attached hydrogens (primary N) is 1. The molecule has 4 nitrogen and oxygen atoms in total. The second kappa shape index (κ2) is 5.98. The third-order valence-electron chi connectivity index (χ3n) is 3.42. The van der Waals surface area contributed by atoms with Gasteiger partial charge in [0.15, 0.2) is 0 Å². The molecule has 0 aromatic rings. The van der Waals surface area contributed by atoms with Crippen LogP contribution in [0.3, 0.4) is 0 Å². The van der Waals surface area contributed by atoms with Crippen molar-refractivity contribution in [2.24, 2.45) is 17.6 Å². The van der Waals surface area contributed by atoms with Crippen LogP contribution in [0.15, 0.2) is 0 Å². The lowest BCUT2D eigenvalue weighted by atomic mass is 9.91. The van der Waals surface area contributed by atoms with Crippen molar-refractivity contribution in [2.75, 3.05) is 25.9 Å². The van der Waals surface area contributed by atoms with E-state index in [1.165, 1.54) is 6.26 Å². The Bertz CT molecular complexity index is 303. The van der Waals surface area contributed by atoms with Crippen LogP contribution < -0.4 is 5.73 Å². The molecule has 1 rings (SSSR count). The molecule has 0 aromatic heterocycles. The summed E-state index contributed by atoms with van der Waals surface area (Å²) in [6, 6.07) is 0. The molecule has 1 aliphatic heterocycles. The van der Waals surface area contributed by atoms with E-state index in [9.17, 15) is 8.42 Å². The quantitative estimate of drug-likeness (QED) is 0.790. The predicted molar refractivity (Wildman–Crippen MR) is 66.6 cm³/mol. The molecule has 0 spiro atoms. The molecule has 0 amide bonds. The van der Waals surface area contributed by atoms with Crippen LogP contribution in [0.25, 0.3) is 0 Å². The number of nitrogens with zero attached hydrogens (tertiary/aromatic N) is 1. The Kier molecular flexibility index (Phi) is 5.21. The standard InChI is InChI=1S/C11H24N2O2S/c1-10(8-12)5-6-11-4-3-7-13(9-11)16(2,14)15/h10-11H,3-9,12H2,1-2H3. The molecular formula is C11H24N2O2S. The fourth-order valence-corrected chi connectivity index (χ4v) is 3.14. The van der Waals surface area contributed by atoms with Crippen molar-refractivity contribution in [3.63, 3.8) is 0 Å². The second-order valence-electron chi connectivity index (χ2n) is 5.05. The second-order valence-corrected chi connectivity index (χ2v) is 7.03. The van der Waals surface area contributed by atoms with Gasteiger partial charge >= 0.3 is 0 Å². The monoisotopic (exact) mass is 248 g/mol. The Balaban J connectivity index is 2.39. The molecule has 5 heteroatoms. The van der Waals surface area contributed by atoms with E-state index in [-0.39, 0.29) is 0 Å². The first-order chi connectivity index (χ1) is 7.43. The summed E-state index contributed by atoms with van der Waals surface area (Å²) in [7, 11) is -2.99. The zero-order chi connectivity index (χ0) is 12.2. The Labute approximate surface area is 99.2 Å². The van der Waals surface area contributed by atoms with Gasteiger partial charge in [-0.2, -0.15) is 0 Å². The van der Waals surface area contributed by atoms with E-state index in [0.717, 1.165) is 32.2 Å². The topological polar surface area (TPSA) is 63.4 Å². The zero-order valence-electron chi connectivity index (χ0n) is 10.4. The Morgan fingerprint density at radius 2 is 2.19 bits per heavy atom. The van der Waals surface area contributed by atoms with E-state index in [2.05, 4.69) is 6.92 Å². The van der Waals surface area contributed by atoms with Crippen LogP contribution in [0.5, 0.6) is 0 Å². The van der Waals surface area contributed by atoms with Gasteiger partial charge in [0, 0.05) is 13.1 Å². The lowest BCUT2D eigenvalue weighted by Crippen LogP contribution is -2.39. The van der Waals surface area contributed by atoms with E-state index in [4.69, 9.17) is 5.73 Å². The molecule has 1 saturated heterocycles. The highest BCUT2D eigenvalue weighted by Gasteiger charge is 2.25. The summed E-state index contributed by atoms with van der Waals surface area (Å²) in [4.78, 5) is 0. The molecule has 96 valence electrons. The maximum absolute atomic E-state index is 11.4. The van der Waals surface area contributed by atoms with Crippen molar-refractivity contribution in [3.8, 4) is 0 Å². The van der Waals surface area contributed by atoms with Crippen LogP contribution in [0.4, 0.5) is 0 Å². The lowest BCUT2D eigenvalue weighted by molar-refractivity contribution is 0.246. The van der Waals surface area contributed by atoms with Crippen molar-refractivity contribution >= 4 is 10.0 Å². The van der Waals surface area contributed by atoms with Crippen molar-refractivity contribution in [2.45, 2.75) is 32.6 Å². The van der Waals surface area contributed by atoms with Gasteiger partial charge in [-0.3, -0.25) is 0 Å². The summed E-state index contributed by atoms with van der Waals surface area (Å²) in [5.74, 6) is 1.08. The van der Waals surface area contributed by atoms with Gasteiger partial charge in [-0.05, 0) is 44.1 Å². The molecule has 1 fully saturated rings. The molecule has 0 radical (unpaired) electrons. The Morgan fingerprint density at radius 3 is 2.75 bits per heavy atom. The van der Waals surface area contributed by atoms with Crippen LogP contribution in [0.1, 0.15) is 32.6 Å². The van der Waals surface area contributed by atoms with E-state index in [0.29, 0.717) is 24.9 Å². The van der Waals surface area contributed by atoms with Crippen LogP contribution in [-0.2, 0) is 10.0 Å². The molecule has 1 heterocycles. The van der Waals surface area contributed by atoms with Crippen LogP contribution >= 0.6 is 0 Å². The van der Waals surface area contributed by atoms with E-state index in [1.54, 1.807) is 4.31 Å². The molecule has 16 heavy (non-hydrogen) atoms. The largest absolute Gasteiger partial charge is 0.330 e. The third-order valence-corrected chi connectivity index (χ3v) is 4.69. The highest BCUT2D eigenvalue weighted by atomic mass is 32.2. The van der Waals surface area contributed by atoms with Gasteiger partial charge in [0.25, 0.3) is 0 Å². The smallest absolute Gasteiger partial charge is 0.211 e. The van der Waals surface area contributed by atoms with E-state index >= 15 is 0 Å². The molecule has 0 aromatic carbocycles. The van der Waals surface area contributed by atoms with Gasteiger partial charge in [0.2, 0.25) is 10.0 Å². The minimum atomic E-state index is -2.99. The van der Waals surface area contributed by atoms with Gasteiger partial charge in [0.1, 0.15) is 0 Å². The Hall–Kier alpha value is -0.130. The normalized spacial score (nSPS) is 25.6. The molecule has 0 saturated carbocycles. The SMILES string of the molecule is CC(CN)CCC1CCCN(S(C)(=O)=O)C1. The van der Waals surface area contributed by atoms with Crippen LogP contribution in [-0.4, -0.2) is 38.6 Å². The summed E-state index contributed by atoms with van der Waals surface area (Å²) >= 11 is 0. The first-order valence-corrected chi connectivity index (χ1v) is 7.93. The van der Waals surface area contributed by atoms with E-state index < -0.39 is 10.0 Å². The molecule has 0 aliphatic carbocycles. The molecular weight excluding hydrogens is 224 g/mol. The fourth-order valence-electron chi connectivity index (χ4n) is 2.20. The van der Waals surface area contributed by atoms with E-state index in [1.807, 2.05) is 0 Å². The van der Waals surface area contributed by atoms with Crippen molar-refractivity contribution in [3.05, 3.63) is 0 Å². The van der Waals surface area contributed by atoms with Gasteiger partial charge in [-0.25, -0.2) is 12.7 Å². The number of piperidine rings is 1. The molecule has 2 atom stereocenters. The number of hydrogen-bond acceptors (Lipinski definition) is 3. The molecule has 2 unspecified atom stereocenters. The summed E-state index contributed by atoms with van der Waals surface area (Å²) < 4.78 is 24.5. The van der Waals surface area contributed by atoms with Crippen molar-refractivity contribution in [1.29, 1.82) is 0 Å². The van der Waals surface area contributed by atoms with Crippen LogP contribution in [0, 0.1) is 11.8 Å². The summed E-state index contributed by atoms with van der Waals surface area (Å²) in [6.07, 6.45) is 5.67. The molecule has 0 bridgehead atoms. The van der Waals surface area contributed by atoms with Crippen LogP contribution in [0.2, 0.25) is 0 Å². The first kappa shape index (κ1) is 13.9. The maximum Gasteiger partial charge on any atom is 0.211 e. The third kappa shape index (κ3) is 4.39. The van der Waals surface area contributed by atoms with Gasteiger partial charge in [-0.15, -0.1) is 0 Å². The minimum absolute atomic E-state index is 0.525. The summed E-state index contributed by atoms with van der Waals surface area (Å²) in [6.45, 7) is 4.28. The Morgan fingerprint density at radius 1 is 1.50 bits per heavy atom. The maximum atomic E-state index is 11.4. The molecule has 1 aliphatic rings. The average molecular weight is 248 g/mol. The first-order valence-electron chi connectivity index (χ1n) is 6.08.